The van der Waals surface area contributed by atoms with Crippen LogP contribution in [0, 0.1) is 0 Å². The van der Waals surface area contributed by atoms with Crippen molar-refractivity contribution in [3.05, 3.63) is 58.6 Å². The molecule has 4 nitrogen and oxygen atoms in total. The molecule has 0 spiro atoms. The molecule has 0 radical (unpaired) electrons. The number of carbonyl (C=O) groups is 1. The van der Waals surface area contributed by atoms with Gasteiger partial charge in [-0.3, -0.25) is 4.79 Å². The number of rotatable bonds is 6. The Hall–Kier alpha value is -2.46. The molecule has 0 saturated heterocycles. The molecule has 0 heterocycles. The fraction of sp³-hybridized carbons (Fsp3) is 0.167. The van der Waals surface area contributed by atoms with E-state index in [9.17, 15) is 4.79 Å². The van der Waals surface area contributed by atoms with Crippen molar-refractivity contribution in [2.75, 3.05) is 21.3 Å². The van der Waals surface area contributed by atoms with E-state index in [0.29, 0.717) is 27.8 Å². The molecule has 120 valence electrons. The number of benzene rings is 2. The minimum absolute atomic E-state index is 0.130. The van der Waals surface area contributed by atoms with Gasteiger partial charge in [0.05, 0.1) is 26.4 Å². The van der Waals surface area contributed by atoms with Crippen molar-refractivity contribution < 1.29 is 19.0 Å². The molecule has 2 rings (SSSR count). The number of methoxy groups -OCH3 is 3. The molecule has 0 N–H and O–H groups in total. The van der Waals surface area contributed by atoms with E-state index in [1.807, 2.05) is 0 Å². The van der Waals surface area contributed by atoms with E-state index in [-0.39, 0.29) is 5.78 Å². The standard InChI is InChI=1S/C18H17ClO4/c1-21-14-6-4-5-13(11-14)16(20)8-7-12-9-15(19)18(23-3)17(10-12)22-2/h4-11H,1-3H3. The fourth-order valence-electron chi connectivity index (χ4n) is 2.08. The highest BCUT2D eigenvalue weighted by atomic mass is 35.5. The largest absolute Gasteiger partial charge is 0.497 e. The number of halogens is 1. The van der Waals surface area contributed by atoms with E-state index >= 15 is 0 Å². The van der Waals surface area contributed by atoms with Gasteiger partial charge in [0.2, 0.25) is 0 Å². The molecule has 5 heteroatoms. The summed E-state index contributed by atoms with van der Waals surface area (Å²) in [5, 5.41) is 0.417. The van der Waals surface area contributed by atoms with Crippen LogP contribution in [0.5, 0.6) is 17.2 Å². The first-order valence-corrected chi connectivity index (χ1v) is 7.24. The van der Waals surface area contributed by atoms with Crippen LogP contribution in [0.15, 0.2) is 42.5 Å². The predicted molar refractivity (Wildman–Crippen MR) is 90.9 cm³/mol. The topological polar surface area (TPSA) is 44.8 Å². The summed E-state index contributed by atoms with van der Waals surface area (Å²) in [6.45, 7) is 0. The normalized spacial score (nSPS) is 10.6. The summed E-state index contributed by atoms with van der Waals surface area (Å²) in [4.78, 5) is 12.2. The van der Waals surface area contributed by atoms with Crippen molar-refractivity contribution in [3.63, 3.8) is 0 Å². The van der Waals surface area contributed by atoms with E-state index in [0.717, 1.165) is 5.56 Å². The maximum absolute atomic E-state index is 12.2. The molecule has 0 aliphatic rings. The third-order valence-electron chi connectivity index (χ3n) is 3.24. The van der Waals surface area contributed by atoms with Crippen LogP contribution in [0.1, 0.15) is 15.9 Å². The molecule has 0 fully saturated rings. The lowest BCUT2D eigenvalue weighted by molar-refractivity contribution is 0.104. The maximum atomic E-state index is 12.2. The van der Waals surface area contributed by atoms with E-state index < -0.39 is 0 Å². The summed E-state index contributed by atoms with van der Waals surface area (Å²) in [6.07, 6.45) is 3.15. The molecular formula is C18H17ClO4. The molecule has 0 aromatic heterocycles. The van der Waals surface area contributed by atoms with Gasteiger partial charge in [-0.25, -0.2) is 0 Å². The molecule has 0 aliphatic carbocycles. The van der Waals surface area contributed by atoms with Crippen molar-refractivity contribution in [1.82, 2.24) is 0 Å². The minimum atomic E-state index is -0.130. The molecule has 2 aromatic rings. The number of hydrogen-bond donors (Lipinski definition) is 0. The van der Waals surface area contributed by atoms with Gasteiger partial charge in [-0.1, -0.05) is 29.8 Å². The maximum Gasteiger partial charge on any atom is 0.185 e. The summed E-state index contributed by atoms with van der Waals surface area (Å²) in [5.41, 5.74) is 1.29. The number of carbonyl (C=O) groups excluding carboxylic acids is 1. The van der Waals surface area contributed by atoms with Gasteiger partial charge in [0.15, 0.2) is 17.3 Å². The van der Waals surface area contributed by atoms with Gasteiger partial charge in [0.1, 0.15) is 5.75 Å². The van der Waals surface area contributed by atoms with Crippen molar-refractivity contribution in [1.29, 1.82) is 0 Å². The van der Waals surface area contributed by atoms with Crippen LogP contribution in [0.3, 0.4) is 0 Å². The summed E-state index contributed by atoms with van der Waals surface area (Å²) in [6, 6.07) is 10.4. The Bertz CT molecular complexity index is 738. The van der Waals surface area contributed by atoms with Gasteiger partial charge < -0.3 is 14.2 Å². The zero-order valence-electron chi connectivity index (χ0n) is 13.1. The van der Waals surface area contributed by atoms with E-state index in [1.165, 1.54) is 20.3 Å². The smallest absolute Gasteiger partial charge is 0.185 e. The molecule has 0 aliphatic heterocycles. The van der Waals surface area contributed by atoms with Crippen LogP contribution in [0.25, 0.3) is 6.08 Å². The van der Waals surface area contributed by atoms with Crippen molar-refractivity contribution in [3.8, 4) is 17.2 Å². The number of ketones is 1. The molecule has 0 saturated carbocycles. The second-order valence-electron chi connectivity index (χ2n) is 4.67. The van der Waals surface area contributed by atoms with Crippen molar-refractivity contribution >= 4 is 23.5 Å². The molecule has 0 atom stereocenters. The van der Waals surface area contributed by atoms with Gasteiger partial charge in [0.25, 0.3) is 0 Å². The highest BCUT2D eigenvalue weighted by molar-refractivity contribution is 6.32. The van der Waals surface area contributed by atoms with Crippen molar-refractivity contribution in [2.24, 2.45) is 0 Å². The van der Waals surface area contributed by atoms with Crippen LogP contribution in [-0.2, 0) is 0 Å². The third-order valence-corrected chi connectivity index (χ3v) is 3.52. The van der Waals surface area contributed by atoms with Crippen LogP contribution >= 0.6 is 11.6 Å². The number of hydrogen-bond acceptors (Lipinski definition) is 4. The molecule has 23 heavy (non-hydrogen) atoms. The van der Waals surface area contributed by atoms with Gasteiger partial charge in [-0.05, 0) is 35.9 Å². The SMILES string of the molecule is COc1cccc(C(=O)C=Cc2cc(Cl)c(OC)c(OC)c2)c1. The first-order chi connectivity index (χ1) is 11.1. The predicted octanol–water partition coefficient (Wildman–Crippen LogP) is 4.26. The molecular weight excluding hydrogens is 316 g/mol. The summed E-state index contributed by atoms with van der Waals surface area (Å²) >= 11 is 6.14. The Labute approximate surface area is 140 Å². The zero-order valence-corrected chi connectivity index (χ0v) is 13.9. The van der Waals surface area contributed by atoms with Gasteiger partial charge in [-0.15, -0.1) is 0 Å². The highest BCUT2D eigenvalue weighted by Gasteiger charge is 2.10. The highest BCUT2D eigenvalue weighted by Crippen LogP contribution is 2.36. The van der Waals surface area contributed by atoms with E-state index in [1.54, 1.807) is 49.6 Å². The van der Waals surface area contributed by atoms with Gasteiger partial charge in [0, 0.05) is 5.56 Å². The average Bonchev–Trinajstić information content (AvgIpc) is 2.59. The average molecular weight is 333 g/mol. The quantitative estimate of drug-likeness (QED) is 0.585. The molecule has 0 unspecified atom stereocenters. The Balaban J connectivity index is 2.25. The second kappa shape index (κ2) is 7.70. The lowest BCUT2D eigenvalue weighted by Gasteiger charge is -2.10. The van der Waals surface area contributed by atoms with Crippen molar-refractivity contribution in [2.45, 2.75) is 0 Å². The zero-order chi connectivity index (χ0) is 16.8. The second-order valence-corrected chi connectivity index (χ2v) is 5.07. The Kier molecular flexibility index (Phi) is 5.66. The summed E-state index contributed by atoms with van der Waals surface area (Å²) in [5.74, 6) is 1.48. The number of allylic oxidation sites excluding steroid dienone is 1. The van der Waals surface area contributed by atoms with Crippen LogP contribution < -0.4 is 14.2 Å². The number of ether oxygens (including phenoxy) is 3. The first-order valence-electron chi connectivity index (χ1n) is 6.87. The summed E-state index contributed by atoms with van der Waals surface area (Å²) < 4.78 is 15.5. The Morgan fingerprint density at radius 2 is 1.83 bits per heavy atom. The lowest BCUT2D eigenvalue weighted by Crippen LogP contribution is -1.95. The Morgan fingerprint density at radius 1 is 1.04 bits per heavy atom. The summed E-state index contributed by atoms with van der Waals surface area (Å²) in [7, 11) is 4.61. The fourth-order valence-corrected chi connectivity index (χ4v) is 2.37. The Morgan fingerprint density at radius 3 is 2.48 bits per heavy atom. The van der Waals surface area contributed by atoms with Gasteiger partial charge >= 0.3 is 0 Å². The first kappa shape index (κ1) is 16.9. The third kappa shape index (κ3) is 4.05. The molecule has 0 bridgehead atoms. The monoisotopic (exact) mass is 332 g/mol. The van der Waals surface area contributed by atoms with E-state index in [2.05, 4.69) is 0 Å². The molecule has 2 aromatic carbocycles. The lowest BCUT2D eigenvalue weighted by atomic mass is 10.1. The van der Waals surface area contributed by atoms with E-state index in [4.69, 9.17) is 25.8 Å². The van der Waals surface area contributed by atoms with Crippen LogP contribution in [-0.4, -0.2) is 27.1 Å². The minimum Gasteiger partial charge on any atom is -0.497 e. The van der Waals surface area contributed by atoms with Crippen LogP contribution in [0.4, 0.5) is 0 Å². The van der Waals surface area contributed by atoms with Gasteiger partial charge in [-0.2, -0.15) is 0 Å². The molecule has 0 amide bonds. The van der Waals surface area contributed by atoms with Crippen LogP contribution in [0.2, 0.25) is 5.02 Å².